The van der Waals surface area contributed by atoms with E-state index < -0.39 is 10.0 Å². The van der Waals surface area contributed by atoms with Crippen molar-refractivity contribution < 1.29 is 17.9 Å². The van der Waals surface area contributed by atoms with Gasteiger partial charge in [-0.2, -0.15) is 0 Å². The Morgan fingerprint density at radius 2 is 1.93 bits per heavy atom. The summed E-state index contributed by atoms with van der Waals surface area (Å²) in [5.41, 5.74) is 0.874. The van der Waals surface area contributed by atoms with Gasteiger partial charge in [0.1, 0.15) is 5.75 Å². The number of hydrogen-bond acceptors (Lipinski definition) is 5. The number of carbonyl (C=O) groups is 1. The third-order valence-corrected chi connectivity index (χ3v) is 6.27. The van der Waals surface area contributed by atoms with E-state index in [9.17, 15) is 13.2 Å². The molecule has 1 N–H and O–H groups in total. The Balaban J connectivity index is 1.67. The summed E-state index contributed by atoms with van der Waals surface area (Å²) >= 11 is 5.95. The number of halogens is 1. The van der Waals surface area contributed by atoms with Gasteiger partial charge in [0.2, 0.25) is 10.0 Å². The predicted octanol–water partition coefficient (Wildman–Crippen LogP) is 3.99. The molecule has 0 bridgehead atoms. The first-order valence-electron chi connectivity index (χ1n) is 9.22. The minimum absolute atomic E-state index is 0.0322. The maximum atomic E-state index is 13.1. The minimum Gasteiger partial charge on any atom is -0.453 e. The number of fused-ring (bicyclic) bond motifs is 2. The van der Waals surface area contributed by atoms with E-state index in [0.29, 0.717) is 23.1 Å². The van der Waals surface area contributed by atoms with E-state index in [1.54, 1.807) is 42.6 Å². The molecule has 1 aliphatic heterocycles. The summed E-state index contributed by atoms with van der Waals surface area (Å²) in [5, 5.41) is 0.521. The lowest BCUT2D eigenvalue weighted by atomic mass is 10.2. The van der Waals surface area contributed by atoms with Crippen LogP contribution in [0.1, 0.15) is 22.8 Å². The van der Waals surface area contributed by atoms with Gasteiger partial charge in [0.25, 0.3) is 5.91 Å². The highest BCUT2D eigenvalue weighted by molar-refractivity contribution is 7.89. The molecular formula is C21H18ClN3O4S. The second kappa shape index (κ2) is 8.06. The average Bonchev–Trinajstić information content (AvgIpc) is 2.85. The SMILES string of the molecule is CCN1C(=O)c2cc(S(=O)(=O)NCc3cccc(Cl)c3)ccc2Oc2cccnc21. The first-order chi connectivity index (χ1) is 14.4. The minimum atomic E-state index is -3.87. The molecule has 7 nitrogen and oxygen atoms in total. The van der Waals surface area contributed by atoms with Gasteiger partial charge in [-0.15, -0.1) is 0 Å². The van der Waals surface area contributed by atoms with Gasteiger partial charge in [0.15, 0.2) is 11.6 Å². The topological polar surface area (TPSA) is 88.6 Å². The molecule has 0 radical (unpaired) electrons. The number of aromatic nitrogens is 1. The molecule has 0 saturated carbocycles. The molecule has 0 spiro atoms. The molecule has 0 aliphatic carbocycles. The lowest BCUT2D eigenvalue weighted by Gasteiger charge is -2.18. The second-order valence-electron chi connectivity index (χ2n) is 6.59. The fourth-order valence-electron chi connectivity index (χ4n) is 3.16. The van der Waals surface area contributed by atoms with Gasteiger partial charge in [0, 0.05) is 24.3 Å². The molecule has 154 valence electrons. The number of carbonyl (C=O) groups excluding carboxylic acids is 1. The van der Waals surface area contributed by atoms with Crippen LogP contribution in [0.25, 0.3) is 0 Å². The summed E-state index contributed by atoms with van der Waals surface area (Å²) in [6.07, 6.45) is 1.57. The van der Waals surface area contributed by atoms with Crippen molar-refractivity contribution in [3.8, 4) is 11.5 Å². The lowest BCUT2D eigenvalue weighted by molar-refractivity contribution is 0.0987. The number of pyridine rings is 1. The molecule has 0 atom stereocenters. The van der Waals surface area contributed by atoms with Crippen LogP contribution in [-0.2, 0) is 16.6 Å². The largest absolute Gasteiger partial charge is 0.453 e. The maximum absolute atomic E-state index is 13.1. The monoisotopic (exact) mass is 443 g/mol. The number of nitrogens with one attached hydrogen (secondary N) is 1. The van der Waals surface area contributed by atoms with Gasteiger partial charge in [-0.25, -0.2) is 18.1 Å². The van der Waals surface area contributed by atoms with E-state index in [-0.39, 0.29) is 28.7 Å². The van der Waals surface area contributed by atoms with Crippen LogP contribution in [0.5, 0.6) is 11.5 Å². The van der Waals surface area contributed by atoms with Crippen LogP contribution in [0.3, 0.4) is 0 Å². The molecule has 1 aliphatic rings. The van der Waals surface area contributed by atoms with Crippen LogP contribution >= 0.6 is 11.6 Å². The smallest absolute Gasteiger partial charge is 0.263 e. The summed E-state index contributed by atoms with van der Waals surface area (Å²) in [4.78, 5) is 18.8. The number of anilines is 1. The molecule has 2 aromatic carbocycles. The van der Waals surface area contributed by atoms with Crippen molar-refractivity contribution in [3.05, 3.63) is 76.9 Å². The van der Waals surface area contributed by atoms with E-state index >= 15 is 0 Å². The van der Waals surface area contributed by atoms with Crippen molar-refractivity contribution in [1.29, 1.82) is 0 Å². The zero-order valence-electron chi connectivity index (χ0n) is 16.0. The van der Waals surface area contributed by atoms with Crippen molar-refractivity contribution in [3.63, 3.8) is 0 Å². The summed E-state index contributed by atoms with van der Waals surface area (Å²) in [6.45, 7) is 2.24. The lowest BCUT2D eigenvalue weighted by Crippen LogP contribution is -2.31. The van der Waals surface area contributed by atoms with Crippen LogP contribution in [-0.4, -0.2) is 25.9 Å². The highest BCUT2D eigenvalue weighted by atomic mass is 35.5. The quantitative estimate of drug-likeness (QED) is 0.644. The number of rotatable bonds is 5. The van der Waals surface area contributed by atoms with E-state index in [1.807, 2.05) is 6.92 Å². The summed E-state index contributed by atoms with van der Waals surface area (Å²) < 4.78 is 34.0. The predicted molar refractivity (Wildman–Crippen MR) is 114 cm³/mol. The highest BCUT2D eigenvalue weighted by Crippen LogP contribution is 2.38. The normalized spacial score (nSPS) is 13.3. The van der Waals surface area contributed by atoms with Gasteiger partial charge in [0.05, 0.1) is 10.5 Å². The van der Waals surface area contributed by atoms with Gasteiger partial charge in [-0.3, -0.25) is 9.69 Å². The fourth-order valence-corrected chi connectivity index (χ4v) is 4.42. The van der Waals surface area contributed by atoms with E-state index in [1.165, 1.54) is 23.1 Å². The van der Waals surface area contributed by atoms with Crippen molar-refractivity contribution in [2.45, 2.75) is 18.4 Å². The van der Waals surface area contributed by atoms with Gasteiger partial charge in [-0.05, 0) is 55.0 Å². The molecule has 4 rings (SSSR count). The molecule has 30 heavy (non-hydrogen) atoms. The molecule has 0 unspecified atom stereocenters. The molecule has 3 aromatic rings. The number of nitrogens with zero attached hydrogens (tertiary/aromatic N) is 2. The molecule has 0 saturated heterocycles. The van der Waals surface area contributed by atoms with E-state index in [2.05, 4.69) is 9.71 Å². The van der Waals surface area contributed by atoms with Crippen molar-refractivity contribution >= 4 is 33.3 Å². The van der Waals surface area contributed by atoms with E-state index in [0.717, 1.165) is 5.56 Å². The summed E-state index contributed by atoms with van der Waals surface area (Å²) in [5.74, 6) is 0.724. The van der Waals surface area contributed by atoms with Crippen LogP contribution < -0.4 is 14.4 Å². The fraction of sp³-hybridized carbons (Fsp3) is 0.143. The van der Waals surface area contributed by atoms with Crippen LogP contribution in [0, 0.1) is 0 Å². The molecule has 1 amide bonds. The van der Waals surface area contributed by atoms with Gasteiger partial charge >= 0.3 is 0 Å². The van der Waals surface area contributed by atoms with Crippen molar-refractivity contribution in [2.75, 3.05) is 11.4 Å². The van der Waals surface area contributed by atoms with E-state index in [4.69, 9.17) is 16.3 Å². The number of hydrogen-bond donors (Lipinski definition) is 1. The zero-order valence-corrected chi connectivity index (χ0v) is 17.6. The third kappa shape index (κ3) is 3.89. The molecule has 1 aromatic heterocycles. The number of amides is 1. The Bertz CT molecular complexity index is 1230. The van der Waals surface area contributed by atoms with Crippen molar-refractivity contribution in [2.24, 2.45) is 0 Å². The Morgan fingerprint density at radius 1 is 1.10 bits per heavy atom. The second-order valence-corrected chi connectivity index (χ2v) is 8.79. The molecule has 2 heterocycles. The molecule has 0 fully saturated rings. The van der Waals surface area contributed by atoms with Crippen LogP contribution in [0.2, 0.25) is 5.02 Å². The van der Waals surface area contributed by atoms with Gasteiger partial charge < -0.3 is 4.74 Å². The Kier molecular flexibility index (Phi) is 5.46. The van der Waals surface area contributed by atoms with Crippen LogP contribution in [0.4, 0.5) is 5.82 Å². The highest BCUT2D eigenvalue weighted by Gasteiger charge is 2.29. The summed E-state index contributed by atoms with van der Waals surface area (Å²) in [6, 6.07) is 14.5. The Hall–Kier alpha value is -2.94. The first-order valence-corrected chi connectivity index (χ1v) is 11.1. The Labute approximate surface area is 179 Å². The average molecular weight is 444 g/mol. The number of benzene rings is 2. The number of sulfonamides is 1. The standard InChI is InChI=1S/C21H18ClN3O4S/c1-2-25-20-19(7-4-10-23-20)29-18-9-8-16(12-17(18)21(25)26)30(27,28)24-13-14-5-3-6-15(22)11-14/h3-12,24H,2,13H2,1H3. The van der Waals surface area contributed by atoms with Crippen molar-refractivity contribution in [1.82, 2.24) is 9.71 Å². The Morgan fingerprint density at radius 3 is 2.70 bits per heavy atom. The van der Waals surface area contributed by atoms with Gasteiger partial charge in [-0.1, -0.05) is 23.7 Å². The third-order valence-electron chi connectivity index (χ3n) is 4.63. The zero-order chi connectivity index (χ0) is 21.3. The summed E-state index contributed by atoms with van der Waals surface area (Å²) in [7, 11) is -3.87. The maximum Gasteiger partial charge on any atom is 0.263 e. The number of ether oxygens (including phenoxy) is 1. The molecular weight excluding hydrogens is 426 g/mol. The first kappa shape index (κ1) is 20.3. The molecule has 9 heteroatoms. The van der Waals surface area contributed by atoms with Crippen LogP contribution in [0.15, 0.2) is 65.7 Å².